The van der Waals surface area contributed by atoms with E-state index in [0.717, 1.165) is 22.9 Å². The van der Waals surface area contributed by atoms with Gasteiger partial charge in [-0.2, -0.15) is 0 Å². The summed E-state index contributed by atoms with van der Waals surface area (Å²) in [4.78, 5) is 13.5. The molecule has 128 valence electrons. The van der Waals surface area contributed by atoms with Gasteiger partial charge in [-0.05, 0) is 42.8 Å². The number of halogens is 2. The zero-order valence-electron chi connectivity index (χ0n) is 13.7. The van der Waals surface area contributed by atoms with Crippen LogP contribution in [-0.2, 0) is 0 Å². The Kier molecular flexibility index (Phi) is 4.46. The first-order valence-electron chi connectivity index (χ1n) is 8.08. The first-order valence-corrected chi connectivity index (χ1v) is 8.45. The summed E-state index contributed by atoms with van der Waals surface area (Å²) in [6, 6.07) is 11.6. The summed E-state index contributed by atoms with van der Waals surface area (Å²) in [5.41, 5.74) is 2.17. The minimum absolute atomic E-state index is 0.323. The Bertz CT molecular complexity index is 1070. The lowest BCUT2D eigenvalue weighted by Crippen LogP contribution is -2.02. The van der Waals surface area contributed by atoms with Crippen LogP contribution in [0.3, 0.4) is 0 Å². The molecule has 1 aliphatic rings. The molecule has 3 aromatic rings. The number of allylic oxidation sites excluding steroid dienone is 3. The summed E-state index contributed by atoms with van der Waals surface area (Å²) in [5.74, 6) is 0.784. The molecule has 6 heteroatoms. The number of nitrogens with one attached hydrogen (secondary N) is 1. The van der Waals surface area contributed by atoms with Gasteiger partial charge in [0.1, 0.15) is 11.6 Å². The average molecular weight is 365 g/mol. The van der Waals surface area contributed by atoms with Crippen molar-refractivity contribution < 1.29 is 4.39 Å². The number of aliphatic imine (C=N–C) groups is 1. The third kappa shape index (κ3) is 3.48. The maximum Gasteiger partial charge on any atom is 0.163 e. The van der Waals surface area contributed by atoms with Gasteiger partial charge >= 0.3 is 0 Å². The van der Waals surface area contributed by atoms with Crippen molar-refractivity contribution >= 4 is 45.8 Å². The quantitative estimate of drug-likeness (QED) is 0.664. The molecule has 0 atom stereocenters. The average Bonchev–Trinajstić information content (AvgIpc) is 2.91. The maximum absolute atomic E-state index is 13.5. The van der Waals surface area contributed by atoms with E-state index in [0.29, 0.717) is 22.4 Å². The van der Waals surface area contributed by atoms with Gasteiger partial charge in [0.2, 0.25) is 0 Å². The predicted molar refractivity (Wildman–Crippen MR) is 104 cm³/mol. The lowest BCUT2D eigenvalue weighted by atomic mass is 10.2. The minimum atomic E-state index is -0.323. The van der Waals surface area contributed by atoms with Crippen LogP contribution in [0.15, 0.2) is 65.8 Å². The molecule has 4 rings (SSSR count). The molecular weight excluding hydrogens is 351 g/mol. The Morgan fingerprint density at radius 1 is 1.08 bits per heavy atom. The fraction of sp³-hybridized carbons (Fsp3) is 0.0500. The van der Waals surface area contributed by atoms with Gasteiger partial charge in [-0.3, -0.25) is 4.99 Å². The number of benzene rings is 2. The highest BCUT2D eigenvalue weighted by Crippen LogP contribution is 2.28. The largest absolute Gasteiger partial charge is 0.340 e. The molecular formula is C20H14ClFN4. The SMILES string of the molecule is Fc1cccc(Nc2nc(C3=CCC=CN=C3)nc3ccc(Cl)cc23)c1. The number of hydrogen-bond donors (Lipinski definition) is 1. The molecule has 0 bridgehead atoms. The van der Waals surface area contributed by atoms with Gasteiger partial charge in [0.15, 0.2) is 5.82 Å². The summed E-state index contributed by atoms with van der Waals surface area (Å²) in [7, 11) is 0. The van der Waals surface area contributed by atoms with Crippen molar-refractivity contribution in [1.82, 2.24) is 9.97 Å². The Balaban J connectivity index is 1.85. The highest BCUT2D eigenvalue weighted by molar-refractivity contribution is 6.31. The van der Waals surface area contributed by atoms with Crippen LogP contribution >= 0.6 is 11.6 Å². The van der Waals surface area contributed by atoms with Crippen LogP contribution in [0.2, 0.25) is 5.02 Å². The lowest BCUT2D eigenvalue weighted by molar-refractivity contribution is 0.628. The monoisotopic (exact) mass is 364 g/mol. The van der Waals surface area contributed by atoms with Crippen molar-refractivity contribution in [2.24, 2.45) is 4.99 Å². The van der Waals surface area contributed by atoms with Gasteiger partial charge in [0.25, 0.3) is 0 Å². The normalized spacial score (nSPS) is 13.5. The van der Waals surface area contributed by atoms with Crippen molar-refractivity contribution in [3.63, 3.8) is 0 Å². The molecule has 0 fully saturated rings. The van der Waals surface area contributed by atoms with Crippen LogP contribution in [0.4, 0.5) is 15.9 Å². The Hall–Kier alpha value is -3.05. The van der Waals surface area contributed by atoms with E-state index in [1.54, 1.807) is 36.7 Å². The van der Waals surface area contributed by atoms with Crippen LogP contribution in [0.1, 0.15) is 12.2 Å². The van der Waals surface area contributed by atoms with E-state index < -0.39 is 0 Å². The fourth-order valence-electron chi connectivity index (χ4n) is 2.67. The molecule has 0 unspecified atom stereocenters. The third-order valence-electron chi connectivity index (χ3n) is 3.88. The molecule has 0 radical (unpaired) electrons. The van der Waals surface area contributed by atoms with Gasteiger partial charge in [-0.15, -0.1) is 0 Å². The van der Waals surface area contributed by atoms with Crippen molar-refractivity contribution in [1.29, 1.82) is 0 Å². The highest BCUT2D eigenvalue weighted by Gasteiger charge is 2.12. The number of anilines is 2. The van der Waals surface area contributed by atoms with Gasteiger partial charge in [-0.25, -0.2) is 14.4 Å². The van der Waals surface area contributed by atoms with Crippen LogP contribution in [0.25, 0.3) is 16.5 Å². The van der Waals surface area contributed by atoms with E-state index >= 15 is 0 Å². The number of aromatic nitrogens is 2. The maximum atomic E-state index is 13.5. The van der Waals surface area contributed by atoms with E-state index in [1.807, 2.05) is 18.2 Å². The Labute approximate surface area is 154 Å². The van der Waals surface area contributed by atoms with Gasteiger partial charge in [0.05, 0.1) is 5.52 Å². The summed E-state index contributed by atoms with van der Waals surface area (Å²) in [6.45, 7) is 0. The van der Waals surface area contributed by atoms with Crippen molar-refractivity contribution in [3.05, 3.63) is 77.5 Å². The summed E-state index contributed by atoms with van der Waals surface area (Å²) in [6.07, 6.45) is 8.19. The Morgan fingerprint density at radius 3 is 2.88 bits per heavy atom. The van der Waals surface area contributed by atoms with E-state index in [4.69, 9.17) is 11.6 Å². The van der Waals surface area contributed by atoms with E-state index in [9.17, 15) is 4.39 Å². The van der Waals surface area contributed by atoms with E-state index in [1.165, 1.54) is 12.1 Å². The predicted octanol–water partition coefficient (Wildman–Crippen LogP) is 5.54. The smallest absolute Gasteiger partial charge is 0.163 e. The molecule has 0 amide bonds. The summed E-state index contributed by atoms with van der Waals surface area (Å²) in [5, 5.41) is 4.51. The summed E-state index contributed by atoms with van der Waals surface area (Å²) < 4.78 is 13.5. The summed E-state index contributed by atoms with van der Waals surface area (Å²) >= 11 is 6.14. The van der Waals surface area contributed by atoms with Crippen molar-refractivity contribution in [2.45, 2.75) is 6.42 Å². The van der Waals surface area contributed by atoms with Gasteiger partial charge < -0.3 is 5.32 Å². The first kappa shape index (κ1) is 16.4. The van der Waals surface area contributed by atoms with E-state index in [-0.39, 0.29) is 5.82 Å². The second kappa shape index (κ2) is 7.06. The second-order valence-corrected chi connectivity index (χ2v) is 6.19. The van der Waals surface area contributed by atoms with Crippen LogP contribution in [0, 0.1) is 5.82 Å². The molecule has 1 N–H and O–H groups in total. The van der Waals surface area contributed by atoms with E-state index in [2.05, 4.69) is 20.3 Å². The Morgan fingerprint density at radius 2 is 2.00 bits per heavy atom. The molecule has 1 aliphatic heterocycles. The molecule has 0 saturated heterocycles. The molecule has 2 heterocycles. The zero-order chi connectivity index (χ0) is 17.9. The number of nitrogens with zero attached hydrogens (tertiary/aromatic N) is 3. The van der Waals surface area contributed by atoms with Crippen LogP contribution in [0.5, 0.6) is 0 Å². The molecule has 0 spiro atoms. The van der Waals surface area contributed by atoms with Crippen LogP contribution in [-0.4, -0.2) is 16.2 Å². The third-order valence-corrected chi connectivity index (χ3v) is 4.12. The minimum Gasteiger partial charge on any atom is -0.340 e. The van der Waals surface area contributed by atoms with Crippen molar-refractivity contribution in [2.75, 3.05) is 5.32 Å². The fourth-order valence-corrected chi connectivity index (χ4v) is 2.84. The number of hydrogen-bond acceptors (Lipinski definition) is 4. The number of rotatable bonds is 3. The standard InChI is InChI=1S/C20H14ClFN4/c21-14-7-8-18-17(10-14)20(24-16-6-3-5-15(22)11-16)26-19(25-18)13-4-1-2-9-23-12-13/h2-12H,1H2,(H,24,25,26). The first-order chi connectivity index (χ1) is 12.7. The molecule has 2 aromatic carbocycles. The highest BCUT2D eigenvalue weighted by atomic mass is 35.5. The molecule has 0 saturated carbocycles. The molecule has 0 aliphatic carbocycles. The van der Waals surface area contributed by atoms with Gasteiger partial charge in [0, 0.05) is 34.1 Å². The zero-order valence-corrected chi connectivity index (χ0v) is 14.4. The lowest BCUT2D eigenvalue weighted by Gasteiger charge is -2.11. The number of fused-ring (bicyclic) bond motifs is 1. The molecule has 4 nitrogen and oxygen atoms in total. The van der Waals surface area contributed by atoms with Gasteiger partial charge in [-0.1, -0.05) is 29.8 Å². The second-order valence-electron chi connectivity index (χ2n) is 5.75. The van der Waals surface area contributed by atoms with Crippen LogP contribution < -0.4 is 5.32 Å². The molecule has 26 heavy (non-hydrogen) atoms. The molecule has 1 aromatic heterocycles. The van der Waals surface area contributed by atoms with Crippen molar-refractivity contribution in [3.8, 4) is 0 Å². The topological polar surface area (TPSA) is 50.2 Å².